The van der Waals surface area contributed by atoms with E-state index in [1.165, 1.54) is 16.2 Å². The Morgan fingerprint density at radius 1 is 1.67 bits per heavy atom. The normalized spacial score (nSPS) is 18.9. The van der Waals surface area contributed by atoms with Gasteiger partial charge in [0.15, 0.2) is 5.13 Å². The third-order valence-corrected chi connectivity index (χ3v) is 3.31. The molecule has 0 radical (unpaired) electrons. The van der Waals surface area contributed by atoms with E-state index in [4.69, 9.17) is 5.73 Å². The van der Waals surface area contributed by atoms with Crippen LogP contribution in [0.15, 0.2) is 0 Å². The monoisotopic (exact) mass is 291 g/mol. The largest absolute Gasteiger partial charge is 0.375 e. The Labute approximate surface area is 103 Å². The molecule has 6 heteroatoms. The Hall–Kier alpha value is -0.620. The lowest BCUT2D eigenvalue weighted by Crippen LogP contribution is -2.37. The summed E-state index contributed by atoms with van der Waals surface area (Å²) in [5.74, 6) is 0.0379. The third kappa shape index (κ3) is 2.92. The van der Waals surface area contributed by atoms with Gasteiger partial charge in [0.05, 0.1) is 5.69 Å². The quantitative estimate of drug-likeness (QED) is 0.819. The molecule has 1 amide bonds. The van der Waals surface area contributed by atoms with Crippen molar-refractivity contribution in [1.82, 2.24) is 10.3 Å². The Balaban J connectivity index is 0.00000112. The molecular weight excluding hydrogens is 278 g/mol. The van der Waals surface area contributed by atoms with E-state index in [1.54, 1.807) is 6.92 Å². The van der Waals surface area contributed by atoms with Gasteiger partial charge in [-0.15, -0.1) is 28.3 Å². The number of nitrogen functional groups attached to an aromatic ring is 1. The number of carbonyl (C=O) groups excluding carboxylic acids is 1. The van der Waals surface area contributed by atoms with Crippen molar-refractivity contribution in [3.8, 4) is 0 Å². The first kappa shape index (κ1) is 12.4. The first-order chi connectivity index (χ1) is 6.65. The van der Waals surface area contributed by atoms with Crippen LogP contribution in [-0.2, 0) is 17.6 Å². The lowest BCUT2D eigenvalue weighted by atomic mass is 9.98. The maximum absolute atomic E-state index is 10.9. The van der Waals surface area contributed by atoms with E-state index in [9.17, 15) is 4.79 Å². The fourth-order valence-electron chi connectivity index (χ4n) is 1.81. The van der Waals surface area contributed by atoms with E-state index in [2.05, 4.69) is 10.3 Å². The molecule has 1 unspecified atom stereocenters. The van der Waals surface area contributed by atoms with Crippen LogP contribution in [0.4, 0.5) is 5.13 Å². The highest BCUT2D eigenvalue weighted by molar-refractivity contribution is 8.93. The number of hydrogen-bond donors (Lipinski definition) is 2. The van der Waals surface area contributed by atoms with Gasteiger partial charge in [-0.2, -0.15) is 0 Å². The number of aromatic nitrogens is 1. The first-order valence-corrected chi connectivity index (χ1v) is 5.48. The molecule has 0 aliphatic heterocycles. The van der Waals surface area contributed by atoms with E-state index in [0.29, 0.717) is 5.13 Å². The molecule has 1 atom stereocenters. The summed E-state index contributed by atoms with van der Waals surface area (Å²) in [6.07, 6.45) is 2.77. The van der Waals surface area contributed by atoms with Crippen LogP contribution in [0.5, 0.6) is 0 Å². The van der Waals surface area contributed by atoms with Crippen LogP contribution < -0.4 is 11.1 Å². The maximum atomic E-state index is 10.9. The van der Waals surface area contributed by atoms with Gasteiger partial charge >= 0.3 is 0 Å². The van der Waals surface area contributed by atoms with Gasteiger partial charge in [-0.25, -0.2) is 4.98 Å². The molecule has 84 valence electrons. The number of fused-ring (bicyclic) bond motifs is 1. The number of rotatable bonds is 1. The summed E-state index contributed by atoms with van der Waals surface area (Å²) >= 11 is 1.54. The maximum Gasteiger partial charge on any atom is 0.217 e. The lowest BCUT2D eigenvalue weighted by molar-refractivity contribution is -0.119. The molecule has 0 saturated carbocycles. The van der Waals surface area contributed by atoms with Crippen molar-refractivity contribution in [2.75, 3.05) is 5.73 Å². The average molecular weight is 292 g/mol. The SMILES string of the molecule is Br.CC(=O)NC1CCc2nc(N)sc2C1. The molecule has 0 aromatic carbocycles. The van der Waals surface area contributed by atoms with E-state index in [0.717, 1.165) is 25.0 Å². The number of aryl methyl sites for hydroxylation is 1. The third-order valence-electron chi connectivity index (χ3n) is 2.36. The Morgan fingerprint density at radius 2 is 2.40 bits per heavy atom. The fourth-order valence-corrected chi connectivity index (χ4v) is 2.76. The molecule has 2 rings (SSSR count). The van der Waals surface area contributed by atoms with Gasteiger partial charge < -0.3 is 11.1 Å². The summed E-state index contributed by atoms with van der Waals surface area (Å²) in [5, 5.41) is 3.57. The van der Waals surface area contributed by atoms with E-state index in [1.807, 2.05) is 0 Å². The van der Waals surface area contributed by atoms with E-state index in [-0.39, 0.29) is 28.9 Å². The molecule has 1 aliphatic rings. The van der Waals surface area contributed by atoms with E-state index < -0.39 is 0 Å². The molecular formula is C9H14BrN3OS. The zero-order chi connectivity index (χ0) is 10.1. The number of nitrogens with zero attached hydrogens (tertiary/aromatic N) is 1. The molecule has 1 aliphatic carbocycles. The summed E-state index contributed by atoms with van der Waals surface area (Å²) in [5.41, 5.74) is 6.74. The van der Waals surface area contributed by atoms with Gasteiger partial charge in [-0.05, 0) is 12.8 Å². The van der Waals surface area contributed by atoms with Crippen molar-refractivity contribution in [2.24, 2.45) is 0 Å². The van der Waals surface area contributed by atoms with Gasteiger partial charge in [0.1, 0.15) is 0 Å². The number of nitrogens with two attached hydrogens (primary N) is 1. The summed E-state index contributed by atoms with van der Waals surface area (Å²) in [4.78, 5) is 16.4. The van der Waals surface area contributed by atoms with Gasteiger partial charge in [0.25, 0.3) is 0 Å². The lowest BCUT2D eigenvalue weighted by Gasteiger charge is -2.21. The van der Waals surface area contributed by atoms with Gasteiger partial charge in [0.2, 0.25) is 5.91 Å². The Morgan fingerprint density at radius 3 is 3.07 bits per heavy atom. The minimum atomic E-state index is 0. The van der Waals surface area contributed by atoms with Crippen molar-refractivity contribution < 1.29 is 4.79 Å². The summed E-state index contributed by atoms with van der Waals surface area (Å²) in [7, 11) is 0. The van der Waals surface area contributed by atoms with Crippen LogP contribution in [0, 0.1) is 0 Å². The molecule has 3 N–H and O–H groups in total. The van der Waals surface area contributed by atoms with Crippen LogP contribution >= 0.6 is 28.3 Å². The number of amides is 1. The highest BCUT2D eigenvalue weighted by Crippen LogP contribution is 2.27. The fraction of sp³-hybridized carbons (Fsp3) is 0.556. The molecule has 4 nitrogen and oxygen atoms in total. The topological polar surface area (TPSA) is 68.0 Å². The van der Waals surface area contributed by atoms with Gasteiger partial charge in [0, 0.05) is 24.3 Å². The van der Waals surface area contributed by atoms with Crippen LogP contribution in [0.3, 0.4) is 0 Å². The smallest absolute Gasteiger partial charge is 0.217 e. The first-order valence-electron chi connectivity index (χ1n) is 4.66. The van der Waals surface area contributed by atoms with Crippen LogP contribution in [0.25, 0.3) is 0 Å². The molecule has 0 fully saturated rings. The summed E-state index contributed by atoms with van der Waals surface area (Å²) in [6, 6.07) is 0.264. The van der Waals surface area contributed by atoms with Crippen molar-refractivity contribution in [2.45, 2.75) is 32.2 Å². The standard InChI is InChI=1S/C9H13N3OS.BrH/c1-5(13)11-6-2-3-7-8(4-6)14-9(10)12-7;/h6H,2-4H2,1H3,(H2,10,12)(H,11,13);1H. The highest BCUT2D eigenvalue weighted by Gasteiger charge is 2.22. The van der Waals surface area contributed by atoms with Crippen molar-refractivity contribution >= 4 is 39.4 Å². The molecule has 0 saturated heterocycles. The van der Waals surface area contributed by atoms with Crippen LogP contribution in [0.2, 0.25) is 0 Å². The minimum absolute atomic E-state index is 0. The number of anilines is 1. The number of thiazole rings is 1. The highest BCUT2D eigenvalue weighted by atomic mass is 79.9. The molecule has 1 aromatic heterocycles. The number of hydrogen-bond acceptors (Lipinski definition) is 4. The zero-order valence-corrected chi connectivity index (χ0v) is 11.0. The van der Waals surface area contributed by atoms with Crippen LogP contribution in [0.1, 0.15) is 23.9 Å². The van der Waals surface area contributed by atoms with Gasteiger partial charge in [-0.1, -0.05) is 0 Å². The van der Waals surface area contributed by atoms with Gasteiger partial charge in [-0.3, -0.25) is 4.79 Å². The summed E-state index contributed by atoms with van der Waals surface area (Å²) in [6.45, 7) is 1.55. The predicted molar refractivity (Wildman–Crippen MR) is 66.5 cm³/mol. The number of carbonyl (C=O) groups is 1. The number of nitrogens with one attached hydrogen (secondary N) is 1. The van der Waals surface area contributed by atoms with E-state index >= 15 is 0 Å². The number of halogens is 1. The Bertz CT molecular complexity index is 366. The Kier molecular flexibility index (Phi) is 4.10. The molecule has 15 heavy (non-hydrogen) atoms. The molecule has 1 aromatic rings. The predicted octanol–water partition coefficient (Wildman–Crippen LogP) is 1.30. The minimum Gasteiger partial charge on any atom is -0.375 e. The van der Waals surface area contributed by atoms with Crippen LogP contribution in [-0.4, -0.2) is 16.9 Å². The zero-order valence-electron chi connectivity index (χ0n) is 8.45. The average Bonchev–Trinajstić information content (AvgIpc) is 2.42. The van der Waals surface area contributed by atoms with Crippen molar-refractivity contribution in [1.29, 1.82) is 0 Å². The second kappa shape index (κ2) is 4.94. The molecule has 0 spiro atoms. The van der Waals surface area contributed by atoms with Crippen molar-refractivity contribution in [3.63, 3.8) is 0 Å². The summed E-state index contributed by atoms with van der Waals surface area (Å²) < 4.78 is 0. The van der Waals surface area contributed by atoms with Crippen molar-refractivity contribution in [3.05, 3.63) is 10.6 Å². The second-order valence-corrected chi connectivity index (χ2v) is 4.68. The second-order valence-electron chi connectivity index (χ2n) is 3.56. The molecule has 1 heterocycles. The molecule has 0 bridgehead atoms.